The molecule has 0 saturated carbocycles. The molecule has 1 fully saturated rings. The third kappa shape index (κ3) is 8.70. The number of hydrogen-bond donors (Lipinski definition) is 1. The van der Waals surface area contributed by atoms with Crippen molar-refractivity contribution in [1.29, 1.82) is 0 Å². The highest BCUT2D eigenvalue weighted by molar-refractivity contribution is 6.74. The molecule has 1 aliphatic heterocycles. The van der Waals surface area contributed by atoms with E-state index >= 15 is 0 Å². The highest BCUT2D eigenvalue weighted by atomic mass is 28.4. The van der Waals surface area contributed by atoms with Crippen molar-refractivity contribution < 1.29 is 18.8 Å². The van der Waals surface area contributed by atoms with Crippen molar-refractivity contribution in [3.63, 3.8) is 0 Å². The zero-order chi connectivity index (χ0) is 34.7. The van der Waals surface area contributed by atoms with Crippen molar-refractivity contribution in [1.82, 2.24) is 25.0 Å². The van der Waals surface area contributed by atoms with Gasteiger partial charge in [0.15, 0.2) is 8.32 Å². The van der Waals surface area contributed by atoms with Gasteiger partial charge in [-0.25, -0.2) is 4.79 Å². The first-order valence-corrected chi connectivity index (χ1v) is 19.8. The maximum absolute atomic E-state index is 14.0. The van der Waals surface area contributed by atoms with Crippen molar-refractivity contribution in [3.05, 3.63) is 82.9 Å². The molecule has 4 atom stereocenters. The molecule has 1 aliphatic rings. The van der Waals surface area contributed by atoms with Gasteiger partial charge in [0.05, 0.1) is 23.9 Å². The van der Waals surface area contributed by atoms with Gasteiger partial charge in [0.2, 0.25) is 0 Å². The van der Waals surface area contributed by atoms with E-state index in [0.29, 0.717) is 12.0 Å². The first-order chi connectivity index (χ1) is 21.9. The van der Waals surface area contributed by atoms with Crippen LogP contribution < -0.4 is 0 Å². The first-order valence-electron chi connectivity index (χ1n) is 16.9. The number of carbonyl (C=O) groups excluding carboxylic acids is 2. The summed E-state index contributed by atoms with van der Waals surface area (Å²) in [7, 11) is -0.402. The SMILES string of the molecule is CCC(c1cc(C)[nH]n1)N(C)C(=O)c1ccc(C[C@@H]2CC[C@H]([C@H](O[Si](C)(C)C(C)(C)C)c3cccnc3)N2C(=O)OC(C)(C)C)cc1. The second kappa shape index (κ2) is 14.3. The van der Waals surface area contributed by atoms with E-state index < -0.39 is 13.9 Å². The van der Waals surface area contributed by atoms with Gasteiger partial charge in [-0.05, 0) is 107 Å². The topological polar surface area (TPSA) is 101 Å². The molecule has 0 aliphatic carbocycles. The molecule has 1 N–H and O–H groups in total. The summed E-state index contributed by atoms with van der Waals surface area (Å²) in [4.78, 5) is 35.6. The lowest BCUT2D eigenvalue weighted by Crippen LogP contribution is -2.50. The average molecular weight is 662 g/mol. The zero-order valence-corrected chi connectivity index (χ0v) is 31.3. The lowest BCUT2D eigenvalue weighted by atomic mass is 10.0. The lowest BCUT2D eigenvalue weighted by molar-refractivity contribution is -0.00244. The van der Waals surface area contributed by atoms with Crippen LogP contribution >= 0.6 is 0 Å². The summed E-state index contributed by atoms with van der Waals surface area (Å²) in [5, 5.41) is 7.37. The van der Waals surface area contributed by atoms with Crippen LogP contribution in [0.5, 0.6) is 0 Å². The van der Waals surface area contributed by atoms with Crippen LogP contribution in [0.25, 0.3) is 0 Å². The van der Waals surface area contributed by atoms with E-state index in [1.807, 2.05) is 82.2 Å². The molecule has 9 nitrogen and oxygen atoms in total. The van der Waals surface area contributed by atoms with Gasteiger partial charge < -0.3 is 14.1 Å². The quantitative estimate of drug-likeness (QED) is 0.219. The summed E-state index contributed by atoms with van der Waals surface area (Å²) >= 11 is 0. The third-order valence-electron chi connectivity index (χ3n) is 9.65. The Balaban J connectivity index is 1.60. The smallest absolute Gasteiger partial charge is 0.410 e. The number of hydrogen-bond acceptors (Lipinski definition) is 6. The Bertz CT molecular complexity index is 1490. The molecule has 0 spiro atoms. The van der Waals surface area contributed by atoms with Gasteiger partial charge in [-0.3, -0.25) is 19.8 Å². The fraction of sp³-hybridized carbons (Fsp3) is 0.568. The highest BCUT2D eigenvalue weighted by Crippen LogP contribution is 2.44. The number of aromatic nitrogens is 3. The van der Waals surface area contributed by atoms with Gasteiger partial charge in [0.1, 0.15) is 5.60 Å². The number of aromatic amines is 1. The van der Waals surface area contributed by atoms with Gasteiger partial charge in [0, 0.05) is 36.7 Å². The van der Waals surface area contributed by atoms with Crippen molar-refractivity contribution in [2.45, 2.75) is 129 Å². The van der Waals surface area contributed by atoms with Crippen LogP contribution in [0.2, 0.25) is 18.1 Å². The number of pyridine rings is 1. The Morgan fingerprint density at radius 1 is 1.09 bits per heavy atom. The van der Waals surface area contributed by atoms with Gasteiger partial charge in [-0.1, -0.05) is 45.9 Å². The molecular weight excluding hydrogens is 607 g/mol. The molecule has 1 saturated heterocycles. The number of ether oxygens (including phenoxy) is 1. The number of nitrogens with one attached hydrogen (secondary N) is 1. The molecule has 0 radical (unpaired) electrons. The number of amides is 2. The minimum Gasteiger partial charge on any atom is -0.444 e. The number of benzene rings is 1. The molecule has 3 heterocycles. The van der Waals surface area contributed by atoms with Crippen molar-refractivity contribution in [2.24, 2.45) is 0 Å². The summed E-state index contributed by atoms with van der Waals surface area (Å²) in [5.74, 6) is -0.0533. The molecular formula is C37H55N5O4Si. The van der Waals surface area contributed by atoms with Gasteiger partial charge >= 0.3 is 6.09 Å². The largest absolute Gasteiger partial charge is 0.444 e. The monoisotopic (exact) mass is 661 g/mol. The predicted molar refractivity (Wildman–Crippen MR) is 189 cm³/mol. The van der Waals surface area contributed by atoms with E-state index in [-0.39, 0.29) is 41.3 Å². The van der Waals surface area contributed by atoms with E-state index in [1.165, 1.54) is 0 Å². The first kappa shape index (κ1) is 36.3. The van der Waals surface area contributed by atoms with Gasteiger partial charge in [-0.15, -0.1) is 0 Å². The molecule has 47 heavy (non-hydrogen) atoms. The van der Waals surface area contributed by atoms with Crippen LogP contribution in [0.3, 0.4) is 0 Å². The minimum absolute atomic E-state index is 0.0102. The second-order valence-corrected chi connectivity index (χ2v) is 20.2. The molecule has 10 heteroatoms. The van der Waals surface area contributed by atoms with Crippen LogP contribution in [-0.2, 0) is 15.6 Å². The number of H-pyrrole nitrogens is 1. The molecule has 3 aromatic rings. The third-order valence-corrected chi connectivity index (χ3v) is 14.1. The number of rotatable bonds is 10. The number of nitrogens with zero attached hydrogens (tertiary/aromatic N) is 4. The Kier molecular flexibility index (Phi) is 11.1. The van der Waals surface area contributed by atoms with Crippen molar-refractivity contribution >= 4 is 20.3 Å². The Labute approximate surface area is 282 Å². The predicted octanol–water partition coefficient (Wildman–Crippen LogP) is 8.41. The maximum atomic E-state index is 14.0. The van der Waals surface area contributed by atoms with E-state index in [0.717, 1.165) is 41.8 Å². The fourth-order valence-electron chi connectivity index (χ4n) is 6.11. The van der Waals surface area contributed by atoms with E-state index in [1.54, 1.807) is 11.1 Å². The summed E-state index contributed by atoms with van der Waals surface area (Å²) in [5.41, 5.74) is 3.84. The summed E-state index contributed by atoms with van der Waals surface area (Å²) in [6.45, 7) is 20.9. The van der Waals surface area contributed by atoms with E-state index in [4.69, 9.17) is 9.16 Å². The second-order valence-electron chi connectivity index (χ2n) is 15.5. The molecule has 1 unspecified atom stereocenters. The maximum Gasteiger partial charge on any atom is 0.410 e. The summed E-state index contributed by atoms with van der Waals surface area (Å²) < 4.78 is 13.1. The molecule has 4 rings (SSSR count). The number of likely N-dealkylation sites (tertiary alicyclic amines) is 1. The minimum atomic E-state index is -2.23. The van der Waals surface area contributed by atoms with Crippen molar-refractivity contribution in [3.8, 4) is 0 Å². The van der Waals surface area contributed by atoms with Crippen LogP contribution in [0.1, 0.15) is 113 Å². The summed E-state index contributed by atoms with van der Waals surface area (Å²) in [6, 6.07) is 13.3. The molecule has 2 amide bonds. The van der Waals surface area contributed by atoms with E-state index in [2.05, 4.69) is 62.0 Å². The van der Waals surface area contributed by atoms with Gasteiger partial charge in [0.25, 0.3) is 5.91 Å². The molecule has 0 bridgehead atoms. The van der Waals surface area contributed by atoms with Crippen LogP contribution in [0, 0.1) is 6.92 Å². The Hall–Kier alpha value is -3.50. The Morgan fingerprint density at radius 3 is 2.30 bits per heavy atom. The van der Waals surface area contributed by atoms with Crippen LogP contribution in [0.4, 0.5) is 4.79 Å². The Morgan fingerprint density at radius 2 is 1.77 bits per heavy atom. The fourth-order valence-corrected chi connectivity index (χ4v) is 7.39. The van der Waals surface area contributed by atoms with Gasteiger partial charge in [-0.2, -0.15) is 5.10 Å². The van der Waals surface area contributed by atoms with E-state index in [9.17, 15) is 9.59 Å². The van der Waals surface area contributed by atoms with Crippen molar-refractivity contribution in [2.75, 3.05) is 7.05 Å². The number of aryl methyl sites for hydroxylation is 1. The molecule has 2 aromatic heterocycles. The molecule has 1 aromatic carbocycles. The number of carbonyl (C=O) groups is 2. The highest BCUT2D eigenvalue weighted by Gasteiger charge is 2.47. The van der Waals surface area contributed by atoms with Crippen LogP contribution in [-0.4, -0.2) is 70.0 Å². The normalized spacial score (nSPS) is 18.6. The lowest BCUT2D eigenvalue weighted by Gasteiger charge is -2.43. The molecule has 256 valence electrons. The standard InChI is InChI=1S/C37H55N5O4Si/c1-12-31(30-22-25(2)39-40-30)41(9)34(43)27-17-15-26(16-18-27)23-29-19-20-32(42(29)35(44)45-36(3,4)5)33(28-14-13-21-38-24-28)46-47(10,11)37(6,7)8/h13-18,21-22,24,29,31-33H,12,19-20,23H2,1-11H3,(H,39,40)/t29-,31?,32+,33+/m0/s1. The average Bonchev–Trinajstić information content (AvgIpc) is 3.61. The summed E-state index contributed by atoms with van der Waals surface area (Å²) in [6.07, 6.45) is 5.96. The van der Waals surface area contributed by atoms with Crippen LogP contribution in [0.15, 0.2) is 54.9 Å². The zero-order valence-electron chi connectivity index (χ0n) is 30.3.